The Hall–Kier alpha value is -0.700. The molecule has 0 aromatic carbocycles. The molecule has 108 valence electrons. The number of nitrogens with zero attached hydrogens (tertiary/aromatic N) is 1. The van der Waals surface area contributed by atoms with Gasteiger partial charge in [0.25, 0.3) is 10.0 Å². The van der Waals surface area contributed by atoms with Crippen LogP contribution in [0.4, 0.5) is 0 Å². The van der Waals surface area contributed by atoms with E-state index < -0.39 is 10.0 Å². The number of rotatable bonds is 6. The number of hydrogen-bond acceptors (Lipinski definition) is 5. The molecular formula is C10H16ClN3O3S2. The van der Waals surface area contributed by atoms with E-state index in [4.69, 9.17) is 11.6 Å². The van der Waals surface area contributed by atoms with Crippen LogP contribution in [0, 0.1) is 12.8 Å². The number of amides is 1. The summed E-state index contributed by atoms with van der Waals surface area (Å²) in [6.07, 6.45) is 0. The standard InChI is InChI=1S/C10H16ClN3O3S2/c1-6(2)8(15)12-4-5-13-19(16,17)9-7(3)14-10(11)18-9/h6,13H,4-5H2,1-3H3,(H,12,15). The molecule has 0 spiro atoms. The number of nitrogens with one attached hydrogen (secondary N) is 2. The highest BCUT2D eigenvalue weighted by molar-refractivity contribution is 7.91. The second-order valence-corrected chi connectivity index (χ2v) is 7.73. The molecule has 0 unspecified atom stereocenters. The predicted octanol–water partition coefficient (Wildman–Crippen LogP) is 1.16. The van der Waals surface area contributed by atoms with Gasteiger partial charge in [-0.05, 0) is 6.92 Å². The van der Waals surface area contributed by atoms with Gasteiger partial charge in [0.15, 0.2) is 8.68 Å². The van der Waals surface area contributed by atoms with Crippen molar-refractivity contribution < 1.29 is 13.2 Å². The Morgan fingerprint density at radius 1 is 1.42 bits per heavy atom. The Kier molecular flexibility index (Phi) is 5.72. The molecule has 1 aromatic heterocycles. The topological polar surface area (TPSA) is 88.2 Å². The molecule has 0 radical (unpaired) electrons. The van der Waals surface area contributed by atoms with Crippen LogP contribution >= 0.6 is 22.9 Å². The van der Waals surface area contributed by atoms with Crippen LogP contribution in [0.1, 0.15) is 19.5 Å². The summed E-state index contributed by atoms with van der Waals surface area (Å²) in [5.74, 6) is -0.240. The van der Waals surface area contributed by atoms with Gasteiger partial charge in [0, 0.05) is 19.0 Å². The number of aromatic nitrogens is 1. The van der Waals surface area contributed by atoms with Gasteiger partial charge in [-0.1, -0.05) is 36.8 Å². The molecule has 0 saturated heterocycles. The Morgan fingerprint density at radius 3 is 2.53 bits per heavy atom. The van der Waals surface area contributed by atoms with Gasteiger partial charge < -0.3 is 5.32 Å². The Balaban J connectivity index is 2.53. The highest BCUT2D eigenvalue weighted by atomic mass is 35.5. The molecule has 0 fully saturated rings. The van der Waals surface area contributed by atoms with Crippen molar-refractivity contribution in [3.05, 3.63) is 10.2 Å². The number of halogens is 1. The average Bonchev–Trinajstić information content (AvgIpc) is 2.64. The second kappa shape index (κ2) is 6.65. The fraction of sp³-hybridized carbons (Fsp3) is 0.600. The SMILES string of the molecule is Cc1nc(Cl)sc1S(=O)(=O)NCCNC(=O)C(C)C. The van der Waals surface area contributed by atoms with E-state index in [1.54, 1.807) is 20.8 Å². The van der Waals surface area contributed by atoms with Gasteiger partial charge >= 0.3 is 0 Å². The van der Waals surface area contributed by atoms with Gasteiger partial charge in [-0.3, -0.25) is 4.79 Å². The van der Waals surface area contributed by atoms with Gasteiger partial charge in [0.05, 0.1) is 5.69 Å². The molecule has 6 nitrogen and oxygen atoms in total. The molecule has 1 rings (SSSR count). The first-order valence-electron chi connectivity index (χ1n) is 5.64. The largest absolute Gasteiger partial charge is 0.355 e. The van der Waals surface area contributed by atoms with Crippen LogP contribution in [0.5, 0.6) is 0 Å². The van der Waals surface area contributed by atoms with E-state index in [-0.39, 0.29) is 33.6 Å². The van der Waals surface area contributed by atoms with Gasteiger partial charge in [-0.2, -0.15) is 0 Å². The van der Waals surface area contributed by atoms with Crippen LogP contribution in [-0.2, 0) is 14.8 Å². The number of aryl methyl sites for hydroxylation is 1. The highest BCUT2D eigenvalue weighted by Gasteiger charge is 2.20. The molecule has 0 aliphatic carbocycles. The molecular weight excluding hydrogens is 310 g/mol. The van der Waals surface area contributed by atoms with Crippen molar-refractivity contribution in [3.8, 4) is 0 Å². The number of carbonyl (C=O) groups is 1. The van der Waals surface area contributed by atoms with Crippen molar-refractivity contribution in [1.29, 1.82) is 0 Å². The molecule has 1 heterocycles. The fourth-order valence-electron chi connectivity index (χ4n) is 1.24. The maximum atomic E-state index is 11.9. The molecule has 0 saturated carbocycles. The first-order chi connectivity index (χ1) is 8.74. The molecule has 9 heteroatoms. The summed E-state index contributed by atoms with van der Waals surface area (Å²) in [5, 5.41) is 2.62. The van der Waals surface area contributed by atoms with Gasteiger partial charge in [-0.15, -0.1) is 0 Å². The van der Waals surface area contributed by atoms with Crippen LogP contribution in [-0.4, -0.2) is 32.4 Å². The minimum Gasteiger partial charge on any atom is -0.355 e. The third-order valence-electron chi connectivity index (χ3n) is 2.21. The summed E-state index contributed by atoms with van der Waals surface area (Å²) < 4.78 is 26.5. The molecule has 1 amide bonds. The van der Waals surface area contributed by atoms with Crippen molar-refractivity contribution in [1.82, 2.24) is 15.0 Å². The average molecular weight is 326 g/mol. The molecule has 1 aromatic rings. The van der Waals surface area contributed by atoms with E-state index in [1.165, 1.54) is 0 Å². The summed E-state index contributed by atoms with van der Waals surface area (Å²) in [4.78, 5) is 15.1. The first kappa shape index (κ1) is 16.4. The maximum Gasteiger partial charge on any atom is 0.252 e. The van der Waals surface area contributed by atoms with Crippen molar-refractivity contribution in [2.75, 3.05) is 13.1 Å². The highest BCUT2D eigenvalue weighted by Crippen LogP contribution is 2.26. The summed E-state index contributed by atoms with van der Waals surface area (Å²) in [6.45, 7) is 5.47. The third kappa shape index (κ3) is 4.72. The molecule has 2 N–H and O–H groups in total. The second-order valence-electron chi connectivity index (χ2n) is 4.18. The lowest BCUT2D eigenvalue weighted by Gasteiger charge is -2.08. The van der Waals surface area contributed by atoms with Crippen molar-refractivity contribution in [2.24, 2.45) is 5.92 Å². The van der Waals surface area contributed by atoms with Crippen LogP contribution in [0.15, 0.2) is 4.21 Å². The lowest BCUT2D eigenvalue weighted by Crippen LogP contribution is -2.36. The number of thiazole rings is 1. The molecule has 0 aliphatic rings. The van der Waals surface area contributed by atoms with E-state index in [0.29, 0.717) is 5.69 Å². The summed E-state index contributed by atoms with van der Waals surface area (Å²) in [6, 6.07) is 0. The zero-order valence-corrected chi connectivity index (χ0v) is 13.2. The molecule has 19 heavy (non-hydrogen) atoms. The zero-order valence-electron chi connectivity index (χ0n) is 10.9. The monoisotopic (exact) mass is 325 g/mol. The van der Waals surface area contributed by atoms with Crippen molar-refractivity contribution in [3.63, 3.8) is 0 Å². The zero-order chi connectivity index (χ0) is 14.6. The lowest BCUT2D eigenvalue weighted by atomic mass is 10.2. The van der Waals surface area contributed by atoms with Gasteiger partial charge in [0.2, 0.25) is 5.91 Å². The van der Waals surface area contributed by atoms with Crippen molar-refractivity contribution >= 4 is 38.9 Å². The summed E-state index contributed by atoms with van der Waals surface area (Å²) >= 11 is 6.57. The lowest BCUT2D eigenvalue weighted by molar-refractivity contribution is -0.123. The van der Waals surface area contributed by atoms with Gasteiger partial charge in [-0.25, -0.2) is 18.1 Å². The Labute approximate surface area is 121 Å². The fourth-order valence-corrected chi connectivity index (χ4v) is 4.05. The van der Waals surface area contributed by atoms with E-state index in [0.717, 1.165) is 11.3 Å². The van der Waals surface area contributed by atoms with Crippen molar-refractivity contribution in [2.45, 2.75) is 25.0 Å². The summed E-state index contributed by atoms with van der Waals surface area (Å²) in [5.41, 5.74) is 0.369. The Bertz CT molecular complexity index is 554. The normalized spacial score (nSPS) is 11.8. The smallest absolute Gasteiger partial charge is 0.252 e. The molecule has 0 atom stereocenters. The quantitative estimate of drug-likeness (QED) is 0.768. The number of carbonyl (C=O) groups excluding carboxylic acids is 1. The van der Waals surface area contributed by atoms with Crippen LogP contribution < -0.4 is 10.0 Å². The van der Waals surface area contributed by atoms with E-state index >= 15 is 0 Å². The maximum absolute atomic E-state index is 11.9. The number of sulfonamides is 1. The van der Waals surface area contributed by atoms with E-state index in [1.807, 2.05) is 0 Å². The van der Waals surface area contributed by atoms with E-state index in [9.17, 15) is 13.2 Å². The van der Waals surface area contributed by atoms with Gasteiger partial charge in [0.1, 0.15) is 0 Å². The van der Waals surface area contributed by atoms with Crippen LogP contribution in [0.25, 0.3) is 0 Å². The minimum atomic E-state index is -3.62. The predicted molar refractivity (Wildman–Crippen MR) is 74.9 cm³/mol. The van der Waals surface area contributed by atoms with Crippen LogP contribution in [0.2, 0.25) is 4.47 Å². The third-order valence-corrected chi connectivity index (χ3v) is 5.55. The minimum absolute atomic E-state index is 0.104. The van der Waals surface area contributed by atoms with Crippen LogP contribution in [0.3, 0.4) is 0 Å². The van der Waals surface area contributed by atoms with E-state index in [2.05, 4.69) is 15.0 Å². The summed E-state index contributed by atoms with van der Waals surface area (Å²) in [7, 11) is -3.62. The number of hydrogen-bond donors (Lipinski definition) is 2. The molecule has 0 bridgehead atoms. The molecule has 0 aliphatic heterocycles. The first-order valence-corrected chi connectivity index (χ1v) is 8.32. The Morgan fingerprint density at radius 2 is 2.05 bits per heavy atom.